The number of ketones is 1. The number of hydrogen-bond acceptors (Lipinski definition) is 7. The van der Waals surface area contributed by atoms with Crippen LogP contribution in [0.3, 0.4) is 0 Å². The molecule has 0 amide bonds. The van der Waals surface area contributed by atoms with Gasteiger partial charge in [-0.2, -0.15) is 0 Å². The van der Waals surface area contributed by atoms with Crippen molar-refractivity contribution in [2.45, 2.75) is 36.5 Å². The Morgan fingerprint density at radius 2 is 1.53 bits per heavy atom. The number of sulfonamides is 1. The van der Waals surface area contributed by atoms with Gasteiger partial charge in [-0.15, -0.1) is 0 Å². The van der Waals surface area contributed by atoms with Crippen LogP contribution in [-0.2, 0) is 26.3 Å². The fraction of sp³-hybridized carbons (Fsp3) is 0.192. The largest absolute Gasteiger partial charge is 0.506 e. The predicted molar refractivity (Wildman–Crippen MR) is 152 cm³/mol. The number of halogens is 2. The van der Waals surface area contributed by atoms with Crippen LogP contribution in [0, 0.1) is 0 Å². The monoisotopic (exact) mass is 683 g/mol. The van der Waals surface area contributed by atoms with E-state index in [0.717, 1.165) is 0 Å². The molecule has 12 heteroatoms. The molecule has 0 saturated heterocycles. The summed E-state index contributed by atoms with van der Waals surface area (Å²) in [5.41, 5.74) is 1.05. The van der Waals surface area contributed by atoms with Crippen LogP contribution >= 0.6 is 31.9 Å². The van der Waals surface area contributed by atoms with Gasteiger partial charge in [-0.25, -0.2) is 16.8 Å². The minimum Gasteiger partial charge on any atom is -0.506 e. The van der Waals surface area contributed by atoms with Crippen molar-refractivity contribution in [2.75, 3.05) is 10.5 Å². The SMILES string of the molecule is CCCS(=O)(=O)c1ccc(NS(=O)(=O)c2ccc3c(C(=O)c4cc(Br)c(O)c(Br)c4)c(CC)oc3c2)cc1. The lowest BCUT2D eigenvalue weighted by Gasteiger charge is -2.09. The van der Waals surface area contributed by atoms with Crippen molar-refractivity contribution in [2.24, 2.45) is 0 Å². The summed E-state index contributed by atoms with van der Waals surface area (Å²) in [5, 5.41) is 10.4. The highest BCUT2D eigenvalue weighted by Gasteiger charge is 2.25. The first kappa shape index (κ1) is 28.3. The molecule has 4 rings (SSSR count). The number of aryl methyl sites for hydroxylation is 1. The van der Waals surface area contributed by atoms with Crippen molar-refractivity contribution in [3.8, 4) is 5.75 Å². The van der Waals surface area contributed by atoms with Crippen LogP contribution < -0.4 is 4.72 Å². The molecule has 0 bridgehead atoms. The number of sulfone groups is 1. The van der Waals surface area contributed by atoms with E-state index in [2.05, 4.69) is 36.6 Å². The standard InChI is InChI=1S/C26H23Br2NO7S2/c1-3-11-37(32,33)17-7-5-16(6-8-17)29-38(34,35)18-9-10-19-23(14-18)36-22(4-2)24(19)25(30)15-12-20(27)26(31)21(28)13-15/h5-10,12-14,29,31H,3-4,11H2,1-2H3. The van der Waals surface area contributed by atoms with Crippen molar-refractivity contribution in [1.29, 1.82) is 0 Å². The third-order valence-electron chi connectivity index (χ3n) is 5.81. The molecule has 38 heavy (non-hydrogen) atoms. The molecule has 0 spiro atoms. The molecule has 4 aromatic rings. The molecule has 0 radical (unpaired) electrons. The molecule has 2 N–H and O–H groups in total. The maximum atomic E-state index is 13.4. The molecular formula is C26H23Br2NO7S2. The zero-order valence-electron chi connectivity index (χ0n) is 20.3. The van der Waals surface area contributed by atoms with Crippen LogP contribution in [0.15, 0.2) is 77.8 Å². The Hall–Kier alpha value is -2.67. The first-order valence-electron chi connectivity index (χ1n) is 11.5. The third kappa shape index (κ3) is 5.54. The summed E-state index contributed by atoms with van der Waals surface area (Å²) in [7, 11) is -7.47. The first-order chi connectivity index (χ1) is 17.9. The fourth-order valence-electron chi connectivity index (χ4n) is 3.96. The number of phenols is 1. The number of anilines is 1. The van der Waals surface area contributed by atoms with Gasteiger partial charge in [0, 0.05) is 29.1 Å². The van der Waals surface area contributed by atoms with Crippen LogP contribution in [0.1, 0.15) is 41.9 Å². The second kappa shape index (κ2) is 10.8. The molecule has 8 nitrogen and oxygen atoms in total. The molecule has 0 aliphatic heterocycles. The zero-order valence-corrected chi connectivity index (χ0v) is 25.1. The highest BCUT2D eigenvalue weighted by atomic mass is 79.9. The first-order valence-corrected chi connectivity index (χ1v) is 16.2. The van der Waals surface area contributed by atoms with E-state index in [1.54, 1.807) is 6.92 Å². The van der Waals surface area contributed by atoms with Gasteiger partial charge in [0.1, 0.15) is 17.1 Å². The zero-order chi connectivity index (χ0) is 27.8. The van der Waals surface area contributed by atoms with Gasteiger partial charge in [-0.1, -0.05) is 13.8 Å². The normalized spacial score (nSPS) is 12.1. The average Bonchev–Trinajstić information content (AvgIpc) is 3.24. The molecule has 1 heterocycles. The van der Waals surface area contributed by atoms with Gasteiger partial charge in [0.2, 0.25) is 0 Å². The van der Waals surface area contributed by atoms with Gasteiger partial charge in [-0.3, -0.25) is 9.52 Å². The van der Waals surface area contributed by atoms with Crippen LogP contribution in [-0.4, -0.2) is 33.5 Å². The number of hydrogen-bond donors (Lipinski definition) is 2. The quantitative estimate of drug-likeness (QED) is 0.194. The van der Waals surface area contributed by atoms with Crippen LogP contribution in [0.4, 0.5) is 5.69 Å². The average molecular weight is 685 g/mol. The van der Waals surface area contributed by atoms with Gasteiger partial charge in [0.15, 0.2) is 15.6 Å². The molecule has 200 valence electrons. The van der Waals surface area contributed by atoms with E-state index >= 15 is 0 Å². The fourth-order valence-corrected chi connectivity index (χ4v) is 7.55. The number of nitrogens with one attached hydrogen (secondary N) is 1. The lowest BCUT2D eigenvalue weighted by molar-refractivity contribution is 0.103. The summed E-state index contributed by atoms with van der Waals surface area (Å²) in [6, 6.07) is 12.8. The number of fused-ring (bicyclic) bond motifs is 1. The predicted octanol–water partition coefficient (Wildman–Crippen LogP) is 6.44. The Morgan fingerprint density at radius 1 is 0.921 bits per heavy atom. The summed E-state index contributed by atoms with van der Waals surface area (Å²) in [4.78, 5) is 13.5. The van der Waals surface area contributed by atoms with E-state index in [4.69, 9.17) is 4.42 Å². The topological polar surface area (TPSA) is 131 Å². The van der Waals surface area contributed by atoms with Crippen molar-refractivity contribution in [1.82, 2.24) is 0 Å². The van der Waals surface area contributed by atoms with E-state index in [0.29, 0.717) is 44.1 Å². The Balaban J connectivity index is 1.68. The lowest BCUT2D eigenvalue weighted by Crippen LogP contribution is -2.13. The summed E-state index contributed by atoms with van der Waals surface area (Å²) in [5.74, 6) is 0.0340. The molecule has 1 aromatic heterocycles. The maximum absolute atomic E-state index is 13.4. The Morgan fingerprint density at radius 3 is 2.11 bits per heavy atom. The van der Waals surface area contributed by atoms with Crippen molar-refractivity contribution in [3.63, 3.8) is 0 Å². The van der Waals surface area contributed by atoms with Crippen molar-refractivity contribution in [3.05, 3.63) is 80.4 Å². The van der Waals surface area contributed by atoms with Gasteiger partial charge in [0.05, 0.1) is 30.1 Å². The number of rotatable bonds is 9. The summed E-state index contributed by atoms with van der Waals surface area (Å²) in [6.07, 6.45) is 0.868. The van der Waals surface area contributed by atoms with Crippen molar-refractivity contribution < 1.29 is 31.2 Å². The van der Waals surface area contributed by atoms with E-state index < -0.39 is 19.9 Å². The van der Waals surface area contributed by atoms with Gasteiger partial charge in [-0.05, 0) is 86.8 Å². The van der Waals surface area contributed by atoms with Gasteiger partial charge >= 0.3 is 0 Å². The smallest absolute Gasteiger partial charge is 0.262 e. The minimum atomic E-state index is -4.05. The Bertz CT molecular complexity index is 1740. The van der Waals surface area contributed by atoms with E-state index in [-0.39, 0.29) is 38.3 Å². The molecule has 0 fully saturated rings. The number of phenolic OH excluding ortho intramolecular Hbond substituents is 1. The second-order valence-electron chi connectivity index (χ2n) is 8.48. The molecule has 0 saturated carbocycles. The van der Waals surface area contributed by atoms with Gasteiger partial charge in [0.25, 0.3) is 10.0 Å². The van der Waals surface area contributed by atoms with Gasteiger partial charge < -0.3 is 9.52 Å². The lowest BCUT2D eigenvalue weighted by atomic mass is 9.99. The molecule has 3 aromatic carbocycles. The maximum Gasteiger partial charge on any atom is 0.262 e. The second-order valence-corrected chi connectivity index (χ2v) is 14.0. The van der Waals surface area contributed by atoms with Crippen molar-refractivity contribution >= 4 is 74.2 Å². The summed E-state index contributed by atoms with van der Waals surface area (Å²) < 4.78 is 59.6. The third-order valence-corrected chi connectivity index (χ3v) is 10.3. The number of aromatic hydroxyl groups is 1. The van der Waals surface area contributed by atoms with E-state index in [1.165, 1.54) is 54.6 Å². The number of carbonyl (C=O) groups is 1. The molecule has 0 unspecified atom stereocenters. The van der Waals surface area contributed by atoms with E-state index in [9.17, 15) is 26.7 Å². The summed E-state index contributed by atoms with van der Waals surface area (Å²) in [6.45, 7) is 3.59. The minimum absolute atomic E-state index is 0.00671. The highest BCUT2D eigenvalue weighted by molar-refractivity contribution is 9.11. The summed E-state index contributed by atoms with van der Waals surface area (Å²) >= 11 is 6.47. The Labute approximate surface area is 237 Å². The molecule has 0 aliphatic carbocycles. The molecule has 0 aliphatic rings. The molecular weight excluding hydrogens is 662 g/mol. The number of furan rings is 1. The number of benzene rings is 3. The van der Waals surface area contributed by atoms with Crippen LogP contribution in [0.2, 0.25) is 0 Å². The van der Waals surface area contributed by atoms with E-state index in [1.807, 2.05) is 6.92 Å². The Kier molecular flexibility index (Phi) is 8.08. The van der Waals surface area contributed by atoms with Crippen LogP contribution in [0.25, 0.3) is 11.0 Å². The molecule has 0 atom stereocenters. The number of carbonyl (C=O) groups excluding carboxylic acids is 1. The highest BCUT2D eigenvalue weighted by Crippen LogP contribution is 2.36. The van der Waals surface area contributed by atoms with Crippen LogP contribution in [0.5, 0.6) is 5.75 Å².